The van der Waals surface area contributed by atoms with E-state index in [9.17, 15) is 14.7 Å². The zero-order valence-corrected chi connectivity index (χ0v) is 14.4. The number of likely N-dealkylation sites (N-methyl/N-ethyl adjacent to an activating group) is 1. The maximum Gasteiger partial charge on any atom is 0.416 e. The van der Waals surface area contributed by atoms with E-state index in [1.807, 2.05) is 25.9 Å². The monoisotopic (exact) mass is 333 g/mol. The van der Waals surface area contributed by atoms with Crippen LogP contribution in [0.1, 0.15) is 12.5 Å². The molecule has 0 unspecified atom stereocenters. The molecule has 0 spiro atoms. The molecule has 0 saturated heterocycles. The van der Waals surface area contributed by atoms with E-state index < -0.39 is 12.2 Å². The third kappa shape index (κ3) is 3.86. The fourth-order valence-electron chi connectivity index (χ4n) is 2.35. The Hall–Kier alpha value is -2.54. The average Bonchev–Trinajstić information content (AvgIpc) is 2.90. The van der Waals surface area contributed by atoms with E-state index in [4.69, 9.17) is 4.74 Å². The number of hydrogen-bond acceptors (Lipinski definition) is 4. The minimum atomic E-state index is -1.06. The highest BCUT2D eigenvalue weighted by Crippen LogP contribution is 2.26. The summed E-state index contributed by atoms with van der Waals surface area (Å²) in [6.45, 7) is 3.19. The van der Waals surface area contributed by atoms with Gasteiger partial charge in [-0.25, -0.2) is 9.59 Å². The van der Waals surface area contributed by atoms with Gasteiger partial charge in [-0.1, -0.05) is 0 Å². The van der Waals surface area contributed by atoms with Crippen molar-refractivity contribution >= 4 is 23.1 Å². The normalized spacial score (nSPS) is 11.0. The Bertz CT molecular complexity index is 752. The largest absolute Gasteiger partial charge is 0.464 e. The fourth-order valence-corrected chi connectivity index (χ4v) is 2.35. The molecule has 0 fully saturated rings. The summed E-state index contributed by atoms with van der Waals surface area (Å²) >= 11 is 0. The van der Waals surface area contributed by atoms with Crippen molar-refractivity contribution in [1.29, 1.82) is 0 Å². The lowest BCUT2D eigenvalue weighted by molar-refractivity contribution is 0.165. The van der Waals surface area contributed by atoms with Gasteiger partial charge in [-0.2, -0.15) is 0 Å². The van der Waals surface area contributed by atoms with Gasteiger partial charge in [0.15, 0.2) is 0 Å². The Morgan fingerprint density at radius 1 is 1.25 bits per heavy atom. The van der Waals surface area contributed by atoms with Crippen molar-refractivity contribution in [3.8, 4) is 5.75 Å². The molecule has 7 nitrogen and oxygen atoms in total. The van der Waals surface area contributed by atoms with Gasteiger partial charge < -0.3 is 19.6 Å². The molecule has 0 bridgehead atoms. The van der Waals surface area contributed by atoms with Crippen LogP contribution in [0.3, 0.4) is 0 Å². The molecule has 1 aromatic carbocycles. The highest BCUT2D eigenvalue weighted by Gasteiger charge is 2.15. The number of amides is 1. The van der Waals surface area contributed by atoms with Crippen LogP contribution in [0.5, 0.6) is 5.75 Å². The summed E-state index contributed by atoms with van der Waals surface area (Å²) in [4.78, 5) is 26.8. The lowest BCUT2D eigenvalue weighted by Crippen LogP contribution is -2.29. The summed E-state index contributed by atoms with van der Waals surface area (Å²) in [5, 5.41) is 10.3. The highest BCUT2D eigenvalue weighted by atomic mass is 16.6. The standard InChI is InChI=1S/C17H23N3O4/c1-5-19(4)17(23)24-13-6-7-14-12(8-9-18(2)3)11-20(16(21)22)15(14)10-13/h6-7,10-11H,5,8-9H2,1-4H3,(H,21,22). The van der Waals surface area contributed by atoms with Crippen LogP contribution in [0, 0.1) is 0 Å². The van der Waals surface area contributed by atoms with E-state index in [2.05, 4.69) is 0 Å². The number of benzene rings is 1. The maximum atomic E-state index is 11.9. The third-order valence-corrected chi connectivity index (χ3v) is 3.89. The van der Waals surface area contributed by atoms with Crippen LogP contribution >= 0.6 is 0 Å². The molecule has 0 aliphatic rings. The van der Waals surface area contributed by atoms with E-state index in [1.165, 1.54) is 9.47 Å². The molecule has 130 valence electrons. The Labute approximate surface area is 141 Å². The second kappa shape index (κ2) is 7.35. The molecule has 1 heterocycles. The van der Waals surface area contributed by atoms with Crippen LogP contribution in [-0.4, -0.2) is 65.9 Å². The minimum absolute atomic E-state index is 0.326. The Balaban J connectivity index is 2.38. The van der Waals surface area contributed by atoms with Crippen LogP contribution in [0.25, 0.3) is 10.9 Å². The zero-order valence-electron chi connectivity index (χ0n) is 14.4. The lowest BCUT2D eigenvalue weighted by atomic mass is 10.1. The molecule has 1 aromatic heterocycles. The molecule has 2 aromatic rings. The van der Waals surface area contributed by atoms with Gasteiger partial charge in [0.2, 0.25) is 0 Å². The van der Waals surface area contributed by atoms with Crippen molar-refractivity contribution < 1.29 is 19.4 Å². The van der Waals surface area contributed by atoms with Gasteiger partial charge in [-0.05, 0) is 45.1 Å². The maximum absolute atomic E-state index is 11.9. The second-order valence-electron chi connectivity index (χ2n) is 5.92. The summed E-state index contributed by atoms with van der Waals surface area (Å²) in [7, 11) is 5.58. The topological polar surface area (TPSA) is 75.0 Å². The molecular formula is C17H23N3O4. The van der Waals surface area contributed by atoms with Crippen molar-refractivity contribution in [2.75, 3.05) is 34.2 Å². The number of carboxylic acid groups (broad SMARTS) is 1. The molecule has 0 radical (unpaired) electrons. The van der Waals surface area contributed by atoms with Crippen LogP contribution in [0.15, 0.2) is 24.4 Å². The first-order chi connectivity index (χ1) is 11.3. The summed E-state index contributed by atoms with van der Waals surface area (Å²) in [6, 6.07) is 5.08. The lowest BCUT2D eigenvalue weighted by Gasteiger charge is -2.14. The van der Waals surface area contributed by atoms with Crippen molar-refractivity contribution in [2.24, 2.45) is 0 Å². The number of rotatable bonds is 5. The first-order valence-electron chi connectivity index (χ1n) is 7.78. The SMILES string of the molecule is CCN(C)C(=O)Oc1ccc2c(CCN(C)C)cn(C(=O)O)c2c1. The molecule has 1 amide bonds. The summed E-state index contributed by atoms with van der Waals surface area (Å²) < 4.78 is 6.46. The van der Waals surface area contributed by atoms with E-state index in [-0.39, 0.29) is 0 Å². The Kier molecular flexibility index (Phi) is 5.46. The van der Waals surface area contributed by atoms with Crippen molar-refractivity contribution in [2.45, 2.75) is 13.3 Å². The quantitative estimate of drug-likeness (QED) is 0.910. The molecule has 2 rings (SSSR count). The molecular weight excluding hydrogens is 310 g/mol. The number of fused-ring (bicyclic) bond motifs is 1. The van der Waals surface area contributed by atoms with E-state index >= 15 is 0 Å². The smallest absolute Gasteiger partial charge is 0.416 e. The van der Waals surface area contributed by atoms with Gasteiger partial charge in [-0.15, -0.1) is 0 Å². The molecule has 1 N–H and O–H groups in total. The average molecular weight is 333 g/mol. The van der Waals surface area contributed by atoms with E-state index in [0.29, 0.717) is 17.8 Å². The first-order valence-corrected chi connectivity index (χ1v) is 7.78. The number of hydrogen-bond donors (Lipinski definition) is 1. The van der Waals surface area contributed by atoms with Gasteiger partial charge in [0.05, 0.1) is 5.52 Å². The predicted octanol–water partition coefficient (Wildman–Crippen LogP) is 2.72. The van der Waals surface area contributed by atoms with Crippen LogP contribution in [0.4, 0.5) is 9.59 Å². The molecule has 7 heteroatoms. The van der Waals surface area contributed by atoms with Crippen LogP contribution in [-0.2, 0) is 6.42 Å². The second-order valence-corrected chi connectivity index (χ2v) is 5.92. The molecule has 0 aliphatic carbocycles. The van der Waals surface area contributed by atoms with Gasteiger partial charge in [0.1, 0.15) is 5.75 Å². The number of nitrogens with zero attached hydrogens (tertiary/aromatic N) is 3. The molecule has 24 heavy (non-hydrogen) atoms. The minimum Gasteiger partial charge on any atom is -0.464 e. The Morgan fingerprint density at radius 2 is 1.96 bits per heavy atom. The zero-order chi connectivity index (χ0) is 17.9. The predicted molar refractivity (Wildman–Crippen MR) is 91.9 cm³/mol. The van der Waals surface area contributed by atoms with Crippen molar-refractivity contribution in [3.63, 3.8) is 0 Å². The summed E-state index contributed by atoms with van der Waals surface area (Å²) in [6.07, 6.45) is 0.824. The summed E-state index contributed by atoms with van der Waals surface area (Å²) in [5.74, 6) is 0.326. The van der Waals surface area contributed by atoms with Gasteiger partial charge in [0, 0.05) is 37.8 Å². The summed E-state index contributed by atoms with van der Waals surface area (Å²) in [5.41, 5.74) is 1.46. The van der Waals surface area contributed by atoms with Gasteiger partial charge in [0.25, 0.3) is 0 Å². The number of aromatic nitrogens is 1. The molecule has 0 aliphatic heterocycles. The Morgan fingerprint density at radius 3 is 2.54 bits per heavy atom. The number of ether oxygens (including phenoxy) is 1. The van der Waals surface area contributed by atoms with Crippen LogP contribution in [0.2, 0.25) is 0 Å². The first kappa shape index (κ1) is 17.8. The van der Waals surface area contributed by atoms with E-state index in [1.54, 1.807) is 31.4 Å². The van der Waals surface area contributed by atoms with Crippen molar-refractivity contribution in [3.05, 3.63) is 30.0 Å². The van der Waals surface area contributed by atoms with Crippen molar-refractivity contribution in [1.82, 2.24) is 14.4 Å². The van der Waals surface area contributed by atoms with Gasteiger partial charge in [-0.3, -0.25) is 4.57 Å². The number of carbonyl (C=O) groups is 2. The van der Waals surface area contributed by atoms with E-state index in [0.717, 1.165) is 23.9 Å². The molecule has 0 saturated carbocycles. The highest BCUT2D eigenvalue weighted by molar-refractivity contribution is 5.92. The number of carbonyl (C=O) groups excluding carboxylic acids is 1. The molecule has 0 atom stereocenters. The third-order valence-electron chi connectivity index (χ3n) is 3.89. The van der Waals surface area contributed by atoms with Crippen LogP contribution < -0.4 is 4.74 Å². The van der Waals surface area contributed by atoms with Gasteiger partial charge >= 0.3 is 12.2 Å². The fraction of sp³-hybridized carbons (Fsp3) is 0.412.